The minimum Gasteiger partial charge on any atom is -0.480 e. The molecule has 1 rings (SSSR count). The minimum absolute atomic E-state index is 0.0532. The van der Waals surface area contributed by atoms with E-state index < -0.39 is 22.0 Å². The van der Waals surface area contributed by atoms with Crippen molar-refractivity contribution in [1.29, 1.82) is 0 Å². The zero-order valence-electron chi connectivity index (χ0n) is 10.6. The molecule has 0 unspecified atom stereocenters. The molecule has 0 fully saturated rings. The van der Waals surface area contributed by atoms with E-state index in [9.17, 15) is 13.2 Å². The fourth-order valence-corrected chi connectivity index (χ4v) is 3.03. The highest BCUT2D eigenvalue weighted by Crippen LogP contribution is 2.12. The molecule has 0 aliphatic carbocycles. The summed E-state index contributed by atoms with van der Waals surface area (Å²) in [5.74, 6) is -1.08. The first kappa shape index (κ1) is 14.7. The van der Waals surface area contributed by atoms with Crippen molar-refractivity contribution < 1.29 is 18.3 Å². The first-order chi connectivity index (χ1) is 8.24. The molecule has 0 aliphatic rings. The Morgan fingerprint density at radius 3 is 2.50 bits per heavy atom. The summed E-state index contributed by atoms with van der Waals surface area (Å²) in [5.41, 5.74) is 0. The molecular weight excluding hydrogens is 256 g/mol. The van der Waals surface area contributed by atoms with Crippen molar-refractivity contribution in [2.75, 3.05) is 0 Å². The number of carbonyl (C=O) groups is 1. The van der Waals surface area contributed by atoms with Crippen LogP contribution in [-0.2, 0) is 21.9 Å². The Kier molecular flexibility index (Phi) is 4.53. The highest BCUT2D eigenvalue weighted by Gasteiger charge is 2.27. The fourth-order valence-electron chi connectivity index (χ4n) is 1.64. The number of sulfonamides is 1. The standard InChI is InChI=1S/C11H18N2O4S/c1-8(2)7-9(11(14)15)12-18(16,17)10-5-4-6-13(10)3/h4-6,8-9,12H,7H2,1-3H3,(H,14,15)/t9-/m1/s1. The van der Waals surface area contributed by atoms with Crippen LogP contribution in [0.3, 0.4) is 0 Å². The molecule has 0 amide bonds. The van der Waals surface area contributed by atoms with Crippen LogP contribution in [0.25, 0.3) is 0 Å². The second-order valence-corrected chi connectivity index (χ2v) is 6.26. The second-order valence-electron chi connectivity index (χ2n) is 4.60. The maximum absolute atomic E-state index is 12.0. The molecule has 1 aromatic rings. The molecule has 1 aromatic heterocycles. The molecule has 0 radical (unpaired) electrons. The Balaban J connectivity index is 2.94. The van der Waals surface area contributed by atoms with Crippen LogP contribution in [0, 0.1) is 5.92 Å². The third-order valence-electron chi connectivity index (χ3n) is 2.47. The van der Waals surface area contributed by atoms with Crippen LogP contribution < -0.4 is 4.72 Å². The van der Waals surface area contributed by atoms with Crippen molar-refractivity contribution in [2.45, 2.75) is 31.3 Å². The predicted molar refractivity (Wildman–Crippen MR) is 66.6 cm³/mol. The predicted octanol–water partition coefficient (Wildman–Crippen LogP) is 0.803. The van der Waals surface area contributed by atoms with Gasteiger partial charge >= 0.3 is 5.97 Å². The molecule has 0 bridgehead atoms. The van der Waals surface area contributed by atoms with Gasteiger partial charge in [0.2, 0.25) is 0 Å². The zero-order chi connectivity index (χ0) is 13.9. The number of aliphatic carboxylic acids is 1. The molecule has 0 spiro atoms. The normalized spacial score (nSPS) is 13.8. The smallest absolute Gasteiger partial charge is 0.321 e. The molecule has 1 heterocycles. The summed E-state index contributed by atoms with van der Waals surface area (Å²) in [6.07, 6.45) is 1.84. The third kappa shape index (κ3) is 3.58. The Bertz CT molecular complexity index is 519. The lowest BCUT2D eigenvalue weighted by molar-refractivity contribution is -0.139. The Hall–Kier alpha value is -1.34. The van der Waals surface area contributed by atoms with Crippen molar-refractivity contribution in [3.8, 4) is 0 Å². The highest BCUT2D eigenvalue weighted by molar-refractivity contribution is 7.89. The largest absolute Gasteiger partial charge is 0.480 e. The van der Waals surface area contributed by atoms with Gasteiger partial charge in [0.15, 0.2) is 0 Å². The van der Waals surface area contributed by atoms with Gasteiger partial charge in [-0.2, -0.15) is 4.72 Å². The van der Waals surface area contributed by atoms with Gasteiger partial charge in [-0.15, -0.1) is 0 Å². The maximum atomic E-state index is 12.0. The number of aryl methyl sites for hydroxylation is 1. The lowest BCUT2D eigenvalue weighted by atomic mass is 10.1. The van der Waals surface area contributed by atoms with Gasteiger partial charge in [-0.1, -0.05) is 13.8 Å². The van der Waals surface area contributed by atoms with Crippen molar-refractivity contribution >= 4 is 16.0 Å². The van der Waals surface area contributed by atoms with Gasteiger partial charge in [-0.3, -0.25) is 4.79 Å². The van der Waals surface area contributed by atoms with Crippen molar-refractivity contribution in [3.63, 3.8) is 0 Å². The van der Waals surface area contributed by atoms with Crippen LogP contribution in [0.5, 0.6) is 0 Å². The van der Waals surface area contributed by atoms with Crippen LogP contribution in [0.1, 0.15) is 20.3 Å². The Labute approximate surface area is 107 Å². The molecule has 2 N–H and O–H groups in total. The van der Waals surface area contributed by atoms with Crippen molar-refractivity contribution in [3.05, 3.63) is 18.3 Å². The van der Waals surface area contributed by atoms with Gasteiger partial charge in [0.1, 0.15) is 11.1 Å². The number of aromatic nitrogens is 1. The summed E-state index contributed by atoms with van der Waals surface area (Å²) in [7, 11) is -2.22. The SMILES string of the molecule is CC(C)C[C@@H](NS(=O)(=O)c1cccn1C)C(=O)O. The van der Waals surface area contributed by atoms with E-state index in [-0.39, 0.29) is 17.4 Å². The summed E-state index contributed by atoms with van der Waals surface area (Å²) in [6, 6.07) is 1.91. The van der Waals surface area contributed by atoms with Gasteiger partial charge in [0.05, 0.1) is 0 Å². The van der Waals surface area contributed by atoms with Crippen molar-refractivity contribution in [2.24, 2.45) is 13.0 Å². The molecular formula is C11H18N2O4S. The van der Waals surface area contributed by atoms with Gasteiger partial charge in [0, 0.05) is 13.2 Å². The Morgan fingerprint density at radius 1 is 1.50 bits per heavy atom. The van der Waals surface area contributed by atoms with Crippen LogP contribution >= 0.6 is 0 Å². The van der Waals surface area contributed by atoms with E-state index in [1.807, 2.05) is 13.8 Å². The molecule has 0 aromatic carbocycles. The zero-order valence-corrected chi connectivity index (χ0v) is 11.4. The molecule has 0 saturated heterocycles. The number of nitrogens with zero attached hydrogens (tertiary/aromatic N) is 1. The fraction of sp³-hybridized carbons (Fsp3) is 0.545. The Morgan fingerprint density at radius 2 is 2.11 bits per heavy atom. The number of hydrogen-bond acceptors (Lipinski definition) is 3. The molecule has 0 saturated carbocycles. The van der Waals surface area contributed by atoms with E-state index in [1.54, 1.807) is 19.3 Å². The molecule has 7 heteroatoms. The molecule has 6 nitrogen and oxygen atoms in total. The molecule has 18 heavy (non-hydrogen) atoms. The topological polar surface area (TPSA) is 88.4 Å². The first-order valence-electron chi connectivity index (χ1n) is 5.60. The van der Waals surface area contributed by atoms with Gasteiger partial charge < -0.3 is 9.67 Å². The maximum Gasteiger partial charge on any atom is 0.321 e. The van der Waals surface area contributed by atoms with E-state index in [2.05, 4.69) is 4.72 Å². The number of nitrogens with one attached hydrogen (secondary N) is 1. The van der Waals surface area contributed by atoms with E-state index in [0.29, 0.717) is 0 Å². The summed E-state index contributed by atoms with van der Waals surface area (Å²) in [5, 5.41) is 9.07. The molecule has 102 valence electrons. The van der Waals surface area contributed by atoms with Gasteiger partial charge in [-0.25, -0.2) is 8.42 Å². The van der Waals surface area contributed by atoms with Gasteiger partial charge in [0.25, 0.3) is 10.0 Å². The number of hydrogen-bond donors (Lipinski definition) is 2. The molecule has 1 atom stereocenters. The quantitative estimate of drug-likeness (QED) is 0.803. The van der Waals surface area contributed by atoms with E-state index in [0.717, 1.165) is 0 Å². The highest BCUT2D eigenvalue weighted by atomic mass is 32.2. The third-order valence-corrected chi connectivity index (χ3v) is 4.04. The summed E-state index contributed by atoms with van der Waals surface area (Å²) in [4.78, 5) is 11.0. The summed E-state index contributed by atoms with van der Waals surface area (Å²) >= 11 is 0. The van der Waals surface area contributed by atoms with E-state index in [1.165, 1.54) is 10.6 Å². The van der Waals surface area contributed by atoms with Crippen LogP contribution in [0.15, 0.2) is 23.4 Å². The summed E-state index contributed by atoms with van der Waals surface area (Å²) in [6.45, 7) is 3.68. The average molecular weight is 274 g/mol. The van der Waals surface area contributed by atoms with Crippen LogP contribution in [0.2, 0.25) is 0 Å². The van der Waals surface area contributed by atoms with Crippen LogP contribution in [0.4, 0.5) is 0 Å². The summed E-state index contributed by atoms with van der Waals surface area (Å²) < 4.78 is 27.7. The average Bonchev–Trinajstić information content (AvgIpc) is 2.62. The minimum atomic E-state index is -3.81. The first-order valence-corrected chi connectivity index (χ1v) is 7.09. The van der Waals surface area contributed by atoms with Gasteiger partial charge in [-0.05, 0) is 24.5 Å². The van der Waals surface area contributed by atoms with Crippen LogP contribution in [-0.4, -0.2) is 30.1 Å². The lowest BCUT2D eigenvalue weighted by Gasteiger charge is -2.16. The lowest BCUT2D eigenvalue weighted by Crippen LogP contribution is -2.42. The van der Waals surface area contributed by atoms with Crippen molar-refractivity contribution in [1.82, 2.24) is 9.29 Å². The van der Waals surface area contributed by atoms with E-state index >= 15 is 0 Å². The second kappa shape index (κ2) is 5.53. The number of carboxylic acid groups (broad SMARTS) is 1. The number of rotatable bonds is 6. The molecule has 0 aliphatic heterocycles. The van der Waals surface area contributed by atoms with E-state index in [4.69, 9.17) is 5.11 Å². The monoisotopic (exact) mass is 274 g/mol. The number of carboxylic acids is 1.